The third-order valence-electron chi connectivity index (χ3n) is 2.92. The molecule has 2 heterocycles. The van der Waals surface area contributed by atoms with Gasteiger partial charge < -0.3 is 9.47 Å². The number of rotatable bonds is 5. The Morgan fingerprint density at radius 2 is 1.25 bits per heavy atom. The van der Waals surface area contributed by atoms with Crippen molar-refractivity contribution in [3.8, 4) is 11.4 Å². The second-order valence-electron chi connectivity index (χ2n) is 4.54. The Morgan fingerprint density at radius 3 is 1.58 bits per heavy atom. The lowest BCUT2D eigenvalue weighted by Crippen LogP contribution is -2.12. The van der Waals surface area contributed by atoms with Gasteiger partial charge >= 0.3 is 11.9 Å². The van der Waals surface area contributed by atoms with Gasteiger partial charge in [0.25, 0.3) is 0 Å². The van der Waals surface area contributed by atoms with Gasteiger partial charge in [-0.15, -0.1) is 0 Å². The van der Waals surface area contributed by atoms with Crippen molar-refractivity contribution in [2.45, 2.75) is 13.8 Å². The smallest absolute Gasteiger partial charge is 0.340 e. The van der Waals surface area contributed by atoms with Crippen LogP contribution in [-0.4, -0.2) is 35.1 Å². The van der Waals surface area contributed by atoms with Crippen molar-refractivity contribution in [1.82, 2.24) is 9.97 Å². The van der Waals surface area contributed by atoms with Crippen LogP contribution in [0.25, 0.3) is 11.4 Å². The SMILES string of the molecule is CCOC(=O)c1cc(Br)cnc1-c1ncc(Br)cc1C(=O)OCC. The summed E-state index contributed by atoms with van der Waals surface area (Å²) >= 11 is 6.56. The Balaban J connectivity index is 2.64. The van der Waals surface area contributed by atoms with Gasteiger partial charge in [0, 0.05) is 21.3 Å². The summed E-state index contributed by atoms with van der Waals surface area (Å²) in [4.78, 5) is 33.0. The highest BCUT2D eigenvalue weighted by atomic mass is 79.9. The second-order valence-corrected chi connectivity index (χ2v) is 6.37. The van der Waals surface area contributed by atoms with E-state index < -0.39 is 11.9 Å². The van der Waals surface area contributed by atoms with Gasteiger partial charge in [-0.25, -0.2) is 9.59 Å². The molecule has 0 aromatic carbocycles. The number of hydrogen-bond donors (Lipinski definition) is 0. The van der Waals surface area contributed by atoms with Crippen LogP contribution in [0.15, 0.2) is 33.5 Å². The third kappa shape index (κ3) is 4.18. The predicted octanol–water partition coefficient (Wildman–Crippen LogP) is 4.02. The molecule has 6 nitrogen and oxygen atoms in total. The number of carbonyl (C=O) groups is 2. The molecule has 8 heteroatoms. The van der Waals surface area contributed by atoms with Gasteiger partial charge in [0.15, 0.2) is 0 Å². The largest absolute Gasteiger partial charge is 0.462 e. The minimum Gasteiger partial charge on any atom is -0.462 e. The first-order valence-corrected chi connectivity index (χ1v) is 8.72. The Morgan fingerprint density at radius 1 is 0.875 bits per heavy atom. The normalized spacial score (nSPS) is 10.3. The molecular weight excluding hydrogens is 444 g/mol. The molecule has 0 saturated carbocycles. The molecule has 24 heavy (non-hydrogen) atoms. The molecule has 0 radical (unpaired) electrons. The average molecular weight is 458 g/mol. The van der Waals surface area contributed by atoms with Crippen molar-refractivity contribution in [3.63, 3.8) is 0 Å². The lowest BCUT2D eigenvalue weighted by molar-refractivity contribution is 0.0514. The van der Waals surface area contributed by atoms with Crippen LogP contribution in [0.3, 0.4) is 0 Å². The summed E-state index contributed by atoms with van der Waals surface area (Å²) in [5.41, 5.74) is 0.942. The van der Waals surface area contributed by atoms with E-state index in [4.69, 9.17) is 9.47 Å². The highest BCUT2D eigenvalue weighted by Crippen LogP contribution is 2.28. The maximum atomic E-state index is 12.2. The first kappa shape index (κ1) is 18.5. The number of hydrogen-bond acceptors (Lipinski definition) is 6. The number of esters is 2. The molecule has 0 atom stereocenters. The fourth-order valence-electron chi connectivity index (χ4n) is 1.98. The van der Waals surface area contributed by atoms with Crippen molar-refractivity contribution < 1.29 is 19.1 Å². The van der Waals surface area contributed by atoms with E-state index in [-0.39, 0.29) is 35.7 Å². The molecule has 2 aromatic heterocycles. The second kappa shape index (κ2) is 8.34. The number of aromatic nitrogens is 2. The van der Waals surface area contributed by atoms with E-state index in [2.05, 4.69) is 41.8 Å². The van der Waals surface area contributed by atoms with Gasteiger partial charge in [-0.05, 0) is 57.8 Å². The van der Waals surface area contributed by atoms with Gasteiger partial charge in [-0.3, -0.25) is 9.97 Å². The number of nitrogens with zero attached hydrogens (tertiary/aromatic N) is 2. The van der Waals surface area contributed by atoms with Gasteiger partial charge in [0.05, 0.1) is 24.3 Å². The van der Waals surface area contributed by atoms with Crippen LogP contribution >= 0.6 is 31.9 Å². The van der Waals surface area contributed by atoms with E-state index in [0.717, 1.165) is 0 Å². The molecule has 0 unspecified atom stereocenters. The third-order valence-corrected chi connectivity index (χ3v) is 3.79. The van der Waals surface area contributed by atoms with Gasteiger partial charge in [-0.1, -0.05) is 0 Å². The lowest BCUT2D eigenvalue weighted by Gasteiger charge is -2.12. The standard InChI is InChI=1S/C16H14Br2N2O4/c1-3-23-15(21)11-5-9(17)7-19-13(11)14-12(16(22)24-4-2)6-10(18)8-20-14/h5-8H,3-4H2,1-2H3. The van der Waals surface area contributed by atoms with Crippen molar-refractivity contribution >= 4 is 43.8 Å². The van der Waals surface area contributed by atoms with Gasteiger partial charge in [-0.2, -0.15) is 0 Å². The summed E-state index contributed by atoms with van der Waals surface area (Å²) in [6, 6.07) is 3.16. The maximum absolute atomic E-state index is 12.2. The molecular formula is C16H14Br2N2O4. The Kier molecular flexibility index (Phi) is 6.44. The highest BCUT2D eigenvalue weighted by Gasteiger charge is 2.23. The molecule has 126 valence electrons. The van der Waals surface area contributed by atoms with Crippen molar-refractivity contribution in [1.29, 1.82) is 0 Å². The van der Waals surface area contributed by atoms with Crippen LogP contribution in [0.4, 0.5) is 0 Å². The molecule has 0 bridgehead atoms. The van der Waals surface area contributed by atoms with E-state index >= 15 is 0 Å². The van der Waals surface area contributed by atoms with Crippen molar-refractivity contribution in [2.24, 2.45) is 0 Å². The summed E-state index contributed by atoms with van der Waals surface area (Å²) in [5, 5.41) is 0. The quantitative estimate of drug-likeness (QED) is 0.631. The number of carbonyl (C=O) groups excluding carboxylic acids is 2. The molecule has 0 aliphatic heterocycles. The minimum atomic E-state index is -0.541. The zero-order chi connectivity index (χ0) is 17.7. The number of pyridine rings is 2. The minimum absolute atomic E-state index is 0.214. The maximum Gasteiger partial charge on any atom is 0.340 e. The number of halogens is 2. The number of ether oxygens (including phenoxy) is 2. The first-order valence-electron chi connectivity index (χ1n) is 7.13. The molecule has 0 N–H and O–H groups in total. The predicted molar refractivity (Wildman–Crippen MR) is 94.8 cm³/mol. The zero-order valence-corrected chi connectivity index (χ0v) is 16.2. The lowest BCUT2D eigenvalue weighted by atomic mass is 10.1. The van der Waals surface area contributed by atoms with Gasteiger partial charge in [0.1, 0.15) is 11.4 Å². The topological polar surface area (TPSA) is 78.4 Å². The Labute approximate surface area is 155 Å². The molecule has 2 rings (SSSR count). The van der Waals surface area contributed by atoms with Crippen LogP contribution in [0.1, 0.15) is 34.6 Å². The summed E-state index contributed by atoms with van der Waals surface area (Å²) in [5.74, 6) is -1.08. The Bertz CT molecular complexity index is 715. The Hall–Kier alpha value is -1.80. The van der Waals surface area contributed by atoms with E-state index in [0.29, 0.717) is 8.95 Å². The van der Waals surface area contributed by atoms with E-state index in [1.807, 2.05) is 0 Å². The zero-order valence-electron chi connectivity index (χ0n) is 13.0. The molecule has 2 aromatic rings. The molecule has 0 aliphatic rings. The first-order chi connectivity index (χ1) is 11.5. The summed E-state index contributed by atoms with van der Waals surface area (Å²) in [7, 11) is 0. The fourth-order valence-corrected chi connectivity index (χ4v) is 2.65. The van der Waals surface area contributed by atoms with Gasteiger partial charge in [0.2, 0.25) is 0 Å². The van der Waals surface area contributed by atoms with Crippen LogP contribution in [0, 0.1) is 0 Å². The van der Waals surface area contributed by atoms with Crippen LogP contribution < -0.4 is 0 Å². The molecule has 0 fully saturated rings. The van der Waals surface area contributed by atoms with E-state index in [1.165, 1.54) is 12.4 Å². The summed E-state index contributed by atoms with van der Waals surface area (Å²) in [6.45, 7) is 3.88. The van der Waals surface area contributed by atoms with Crippen LogP contribution in [0.2, 0.25) is 0 Å². The molecule has 0 aliphatic carbocycles. The molecule has 0 saturated heterocycles. The average Bonchev–Trinajstić information content (AvgIpc) is 2.55. The molecule has 0 spiro atoms. The summed E-state index contributed by atoms with van der Waals surface area (Å²) < 4.78 is 11.4. The summed E-state index contributed by atoms with van der Waals surface area (Å²) in [6.07, 6.45) is 3.05. The van der Waals surface area contributed by atoms with Crippen LogP contribution in [-0.2, 0) is 9.47 Å². The molecule has 0 amide bonds. The fraction of sp³-hybridized carbons (Fsp3) is 0.250. The van der Waals surface area contributed by atoms with E-state index in [9.17, 15) is 9.59 Å². The van der Waals surface area contributed by atoms with E-state index in [1.54, 1.807) is 26.0 Å². The highest BCUT2D eigenvalue weighted by molar-refractivity contribution is 9.10. The van der Waals surface area contributed by atoms with Crippen LogP contribution in [0.5, 0.6) is 0 Å². The van der Waals surface area contributed by atoms with Crippen molar-refractivity contribution in [3.05, 3.63) is 44.6 Å². The monoisotopic (exact) mass is 456 g/mol. The van der Waals surface area contributed by atoms with Crippen molar-refractivity contribution in [2.75, 3.05) is 13.2 Å².